The Hall–Kier alpha value is -2.53. The van der Waals surface area contributed by atoms with Gasteiger partial charge in [-0.15, -0.1) is 0 Å². The van der Waals surface area contributed by atoms with E-state index in [-0.39, 0.29) is 11.9 Å². The van der Waals surface area contributed by atoms with Crippen LogP contribution in [0.5, 0.6) is 0 Å². The van der Waals surface area contributed by atoms with Gasteiger partial charge in [-0.1, -0.05) is 44.2 Å². The molecule has 0 saturated carbocycles. The van der Waals surface area contributed by atoms with Gasteiger partial charge in [0, 0.05) is 64.6 Å². The average Bonchev–Trinajstić information content (AvgIpc) is 2.75. The van der Waals surface area contributed by atoms with Gasteiger partial charge in [0.15, 0.2) is 0 Å². The van der Waals surface area contributed by atoms with Gasteiger partial charge in [-0.05, 0) is 35.7 Å². The number of hydrogen-bond acceptors (Lipinski definition) is 4. The van der Waals surface area contributed by atoms with Gasteiger partial charge in [-0.25, -0.2) is 0 Å². The highest BCUT2D eigenvalue weighted by Gasteiger charge is 2.26. The predicted octanol–water partition coefficient (Wildman–Crippen LogP) is 3.78. The Morgan fingerprint density at radius 3 is 2.17 bits per heavy atom. The Labute approximate surface area is 181 Å². The lowest BCUT2D eigenvalue weighted by Crippen LogP contribution is -2.50. The Bertz CT molecular complexity index is 781. The maximum Gasteiger partial charge on any atom is 0.220 e. The van der Waals surface area contributed by atoms with Crippen molar-refractivity contribution in [3.8, 4) is 0 Å². The molecule has 0 bridgehead atoms. The average molecular weight is 409 g/mol. The van der Waals surface area contributed by atoms with Crippen LogP contribution in [0.1, 0.15) is 31.9 Å². The SMILES string of the molecule is CC(C)CC(=O)NCC(c1ccc(N(C)C)cc1)N1CCN(c2ccccc2)CC1. The molecule has 0 radical (unpaired) electrons. The van der Waals surface area contributed by atoms with Crippen molar-refractivity contribution in [2.75, 3.05) is 56.6 Å². The molecule has 162 valence electrons. The summed E-state index contributed by atoms with van der Waals surface area (Å²) in [7, 11) is 4.11. The topological polar surface area (TPSA) is 38.8 Å². The van der Waals surface area contributed by atoms with Crippen LogP contribution >= 0.6 is 0 Å². The molecular weight excluding hydrogens is 372 g/mol. The quantitative estimate of drug-likeness (QED) is 0.722. The number of carbonyl (C=O) groups is 1. The fraction of sp³-hybridized carbons (Fsp3) is 0.480. The number of rotatable bonds is 8. The van der Waals surface area contributed by atoms with E-state index >= 15 is 0 Å². The van der Waals surface area contributed by atoms with Crippen molar-refractivity contribution in [3.05, 3.63) is 60.2 Å². The van der Waals surface area contributed by atoms with Crippen LogP contribution in [-0.4, -0.2) is 57.6 Å². The van der Waals surface area contributed by atoms with Crippen molar-refractivity contribution in [2.45, 2.75) is 26.3 Å². The number of nitrogens with zero attached hydrogens (tertiary/aromatic N) is 3. The van der Waals surface area contributed by atoms with Gasteiger partial charge < -0.3 is 15.1 Å². The van der Waals surface area contributed by atoms with Gasteiger partial charge in [0.2, 0.25) is 5.91 Å². The molecule has 1 aliphatic rings. The zero-order valence-corrected chi connectivity index (χ0v) is 18.8. The smallest absolute Gasteiger partial charge is 0.220 e. The Morgan fingerprint density at radius 1 is 0.967 bits per heavy atom. The predicted molar refractivity (Wildman–Crippen MR) is 126 cm³/mol. The minimum atomic E-state index is 0.142. The molecule has 30 heavy (non-hydrogen) atoms. The first-order valence-corrected chi connectivity index (χ1v) is 11.0. The van der Waals surface area contributed by atoms with Gasteiger partial charge in [0.25, 0.3) is 0 Å². The second-order valence-corrected chi connectivity index (χ2v) is 8.76. The maximum atomic E-state index is 12.3. The zero-order chi connectivity index (χ0) is 21.5. The highest BCUT2D eigenvalue weighted by Crippen LogP contribution is 2.25. The fourth-order valence-electron chi connectivity index (χ4n) is 4.04. The second kappa shape index (κ2) is 10.5. The third-order valence-electron chi connectivity index (χ3n) is 5.76. The van der Waals surface area contributed by atoms with Crippen molar-refractivity contribution in [1.29, 1.82) is 0 Å². The van der Waals surface area contributed by atoms with Gasteiger partial charge in [0.05, 0.1) is 6.04 Å². The van der Waals surface area contributed by atoms with E-state index in [1.807, 2.05) is 0 Å². The summed E-state index contributed by atoms with van der Waals surface area (Å²) in [6.45, 7) is 8.77. The van der Waals surface area contributed by atoms with E-state index in [1.165, 1.54) is 16.9 Å². The molecule has 1 N–H and O–H groups in total. The van der Waals surface area contributed by atoms with Crippen molar-refractivity contribution in [1.82, 2.24) is 10.2 Å². The normalized spacial score (nSPS) is 15.8. The first kappa shape index (κ1) is 22.2. The van der Waals surface area contributed by atoms with Crippen molar-refractivity contribution < 1.29 is 4.79 Å². The first-order valence-electron chi connectivity index (χ1n) is 11.0. The number of para-hydroxylation sites is 1. The minimum Gasteiger partial charge on any atom is -0.378 e. The minimum absolute atomic E-state index is 0.142. The van der Waals surface area contributed by atoms with Crippen LogP contribution in [0.25, 0.3) is 0 Å². The molecule has 0 spiro atoms. The molecule has 1 atom stereocenters. The molecule has 2 aromatic carbocycles. The molecule has 1 fully saturated rings. The standard InChI is InChI=1S/C25H36N4O/c1-20(2)18-25(30)26-19-24(21-10-12-22(13-11-21)27(3)4)29-16-14-28(15-17-29)23-8-6-5-7-9-23/h5-13,20,24H,14-19H2,1-4H3,(H,26,30). The fourth-order valence-corrected chi connectivity index (χ4v) is 4.04. The number of benzene rings is 2. The van der Waals surface area contributed by atoms with Crippen LogP contribution < -0.4 is 15.1 Å². The summed E-state index contributed by atoms with van der Waals surface area (Å²) in [6, 6.07) is 19.6. The Balaban J connectivity index is 1.70. The molecule has 2 aromatic rings. The highest BCUT2D eigenvalue weighted by molar-refractivity contribution is 5.76. The molecule has 1 amide bonds. The van der Waals surface area contributed by atoms with Crippen LogP contribution in [0.4, 0.5) is 11.4 Å². The Morgan fingerprint density at radius 2 is 1.60 bits per heavy atom. The van der Waals surface area contributed by atoms with Crippen molar-refractivity contribution >= 4 is 17.3 Å². The van der Waals surface area contributed by atoms with Crippen LogP contribution in [0.2, 0.25) is 0 Å². The maximum absolute atomic E-state index is 12.3. The lowest BCUT2D eigenvalue weighted by molar-refractivity contribution is -0.122. The van der Waals surface area contributed by atoms with Gasteiger partial charge >= 0.3 is 0 Å². The van der Waals surface area contributed by atoms with E-state index in [1.54, 1.807) is 0 Å². The monoisotopic (exact) mass is 408 g/mol. The summed E-state index contributed by atoms with van der Waals surface area (Å²) in [5, 5.41) is 3.19. The molecular formula is C25H36N4O. The summed E-state index contributed by atoms with van der Waals surface area (Å²) in [5.41, 5.74) is 3.74. The largest absolute Gasteiger partial charge is 0.378 e. The Kier molecular flexibility index (Phi) is 7.75. The van der Waals surface area contributed by atoms with E-state index in [4.69, 9.17) is 0 Å². The van der Waals surface area contributed by atoms with Gasteiger partial charge in [0.1, 0.15) is 0 Å². The van der Waals surface area contributed by atoms with Gasteiger partial charge in [-0.2, -0.15) is 0 Å². The third-order valence-corrected chi connectivity index (χ3v) is 5.76. The van der Waals surface area contributed by atoms with E-state index in [9.17, 15) is 4.79 Å². The number of hydrogen-bond donors (Lipinski definition) is 1. The molecule has 0 aromatic heterocycles. The van der Waals surface area contributed by atoms with Gasteiger partial charge in [-0.3, -0.25) is 9.69 Å². The lowest BCUT2D eigenvalue weighted by Gasteiger charge is -2.40. The zero-order valence-electron chi connectivity index (χ0n) is 18.8. The number of carbonyl (C=O) groups excluding carboxylic acids is 1. The second-order valence-electron chi connectivity index (χ2n) is 8.76. The van der Waals surface area contributed by atoms with Crippen molar-refractivity contribution in [2.24, 2.45) is 5.92 Å². The number of piperazine rings is 1. The summed E-state index contributed by atoms with van der Waals surface area (Å²) in [5.74, 6) is 0.514. The number of anilines is 2. The molecule has 5 heteroatoms. The summed E-state index contributed by atoms with van der Waals surface area (Å²) in [4.78, 5) is 19.4. The number of amides is 1. The molecule has 1 aliphatic heterocycles. The van der Waals surface area contributed by atoms with E-state index in [0.717, 1.165) is 26.2 Å². The van der Waals surface area contributed by atoms with E-state index < -0.39 is 0 Å². The summed E-state index contributed by atoms with van der Waals surface area (Å²) >= 11 is 0. The third kappa shape index (κ3) is 5.99. The summed E-state index contributed by atoms with van der Waals surface area (Å²) < 4.78 is 0. The van der Waals surface area contributed by atoms with Crippen molar-refractivity contribution in [3.63, 3.8) is 0 Å². The van der Waals surface area contributed by atoms with Crippen LogP contribution in [-0.2, 0) is 4.79 Å². The van der Waals surface area contributed by atoms with E-state index in [2.05, 4.69) is 103 Å². The highest BCUT2D eigenvalue weighted by atomic mass is 16.1. The van der Waals surface area contributed by atoms with Crippen LogP contribution in [0, 0.1) is 5.92 Å². The number of nitrogens with one attached hydrogen (secondary N) is 1. The molecule has 5 nitrogen and oxygen atoms in total. The lowest BCUT2D eigenvalue weighted by atomic mass is 10.0. The van der Waals surface area contributed by atoms with E-state index in [0.29, 0.717) is 18.9 Å². The molecule has 1 heterocycles. The van der Waals surface area contributed by atoms with Crippen LogP contribution in [0.15, 0.2) is 54.6 Å². The molecule has 1 saturated heterocycles. The molecule has 0 aliphatic carbocycles. The summed E-state index contributed by atoms with van der Waals surface area (Å²) in [6.07, 6.45) is 0.577. The first-order chi connectivity index (χ1) is 14.4. The molecule has 1 unspecified atom stereocenters. The molecule has 3 rings (SSSR count). The van der Waals surface area contributed by atoms with Crippen LogP contribution in [0.3, 0.4) is 0 Å².